The summed E-state index contributed by atoms with van der Waals surface area (Å²) in [5.74, 6) is 0.328. The number of nitrogens with zero attached hydrogens (tertiary/aromatic N) is 2. The maximum atomic E-state index is 13.4. The van der Waals surface area contributed by atoms with Crippen molar-refractivity contribution in [3.8, 4) is 0 Å². The zero-order valence-electron chi connectivity index (χ0n) is 13.4. The molecule has 1 aromatic heterocycles. The topological polar surface area (TPSA) is 46.9 Å². The fraction of sp³-hybridized carbons (Fsp3) is 0.263. The van der Waals surface area contributed by atoms with Crippen LogP contribution in [0.4, 0.5) is 4.39 Å². The van der Waals surface area contributed by atoms with Crippen molar-refractivity contribution in [1.82, 2.24) is 14.9 Å². The van der Waals surface area contributed by atoms with Gasteiger partial charge in [-0.05, 0) is 37.1 Å². The fourth-order valence-corrected chi connectivity index (χ4v) is 3.38. The molecule has 0 saturated heterocycles. The van der Waals surface area contributed by atoms with Crippen molar-refractivity contribution in [2.24, 2.45) is 0 Å². The molecule has 2 atom stereocenters. The van der Waals surface area contributed by atoms with E-state index in [0.29, 0.717) is 17.4 Å². The van der Waals surface area contributed by atoms with E-state index in [-0.39, 0.29) is 17.6 Å². The monoisotopic (exact) mass is 323 g/mol. The van der Waals surface area contributed by atoms with Gasteiger partial charge in [-0.15, -0.1) is 0 Å². The number of aromatic nitrogens is 2. The molecule has 4 nitrogen and oxygen atoms in total. The average molecular weight is 323 g/mol. The highest BCUT2D eigenvalue weighted by molar-refractivity contribution is 5.77. The number of halogens is 1. The average Bonchev–Trinajstić information content (AvgIpc) is 2.99. The molecule has 0 amide bonds. The number of rotatable bonds is 3. The van der Waals surface area contributed by atoms with Crippen LogP contribution in [0.15, 0.2) is 53.3 Å². The molecule has 0 fully saturated rings. The first-order chi connectivity index (χ1) is 11.6. The maximum absolute atomic E-state index is 13.4. The number of benzene rings is 2. The van der Waals surface area contributed by atoms with Crippen molar-refractivity contribution in [2.75, 3.05) is 0 Å². The Morgan fingerprint density at radius 3 is 2.83 bits per heavy atom. The first-order valence-corrected chi connectivity index (χ1v) is 8.14. The predicted octanol–water partition coefficient (Wildman–Crippen LogP) is 3.33. The molecule has 1 aliphatic heterocycles. The van der Waals surface area contributed by atoms with E-state index in [1.807, 2.05) is 18.2 Å². The Bertz CT molecular complexity index is 952. The summed E-state index contributed by atoms with van der Waals surface area (Å²) in [6.07, 6.45) is 0.804. The van der Waals surface area contributed by atoms with Gasteiger partial charge in [0.2, 0.25) is 0 Å². The molecule has 4 rings (SSSR count). The van der Waals surface area contributed by atoms with Crippen molar-refractivity contribution in [3.63, 3.8) is 0 Å². The van der Waals surface area contributed by atoms with Gasteiger partial charge in [-0.1, -0.05) is 30.3 Å². The fourth-order valence-electron chi connectivity index (χ4n) is 3.38. The summed E-state index contributed by atoms with van der Waals surface area (Å²) in [6.45, 7) is 2.71. The number of nitrogens with one attached hydrogen (secondary N) is 1. The molecule has 2 unspecified atom stereocenters. The van der Waals surface area contributed by atoms with Crippen molar-refractivity contribution in [3.05, 3.63) is 76.1 Å². The van der Waals surface area contributed by atoms with Gasteiger partial charge in [-0.3, -0.25) is 9.36 Å². The van der Waals surface area contributed by atoms with E-state index < -0.39 is 5.82 Å². The van der Waals surface area contributed by atoms with Gasteiger partial charge in [0.1, 0.15) is 11.6 Å². The predicted molar refractivity (Wildman–Crippen MR) is 91.3 cm³/mol. The van der Waals surface area contributed by atoms with E-state index in [0.717, 1.165) is 12.2 Å². The number of hydrogen-bond donors (Lipinski definition) is 1. The second-order valence-corrected chi connectivity index (χ2v) is 6.23. The van der Waals surface area contributed by atoms with Crippen LogP contribution >= 0.6 is 0 Å². The molecule has 24 heavy (non-hydrogen) atoms. The van der Waals surface area contributed by atoms with Gasteiger partial charge in [0.15, 0.2) is 0 Å². The van der Waals surface area contributed by atoms with Crippen LogP contribution in [0, 0.1) is 5.82 Å². The van der Waals surface area contributed by atoms with Crippen LogP contribution < -0.4 is 10.9 Å². The van der Waals surface area contributed by atoms with Crippen LogP contribution in [-0.2, 0) is 6.54 Å². The third kappa shape index (κ3) is 2.51. The second-order valence-electron chi connectivity index (χ2n) is 6.23. The Balaban J connectivity index is 1.70. The largest absolute Gasteiger partial charge is 0.301 e. The standard InChI is InChI=1S/C19H18FN3O/c1-12(13-5-3-2-4-6-13)21-17-9-10-23-18(17)22-16-8-7-14(20)11-15(16)19(23)24/h2-8,11-12,17,21H,9-10H2,1H3. The molecule has 0 spiro atoms. The lowest BCUT2D eigenvalue weighted by Gasteiger charge is -2.19. The Morgan fingerprint density at radius 2 is 2.04 bits per heavy atom. The summed E-state index contributed by atoms with van der Waals surface area (Å²) in [6, 6.07) is 14.5. The van der Waals surface area contributed by atoms with Gasteiger partial charge in [-0.25, -0.2) is 9.37 Å². The molecule has 1 aliphatic rings. The second kappa shape index (κ2) is 5.83. The van der Waals surface area contributed by atoms with Crippen LogP contribution in [0.1, 0.15) is 36.8 Å². The SMILES string of the molecule is CC(NC1CCn2c1nc1ccc(F)cc1c2=O)c1ccccc1. The molecular weight excluding hydrogens is 305 g/mol. The molecule has 0 radical (unpaired) electrons. The highest BCUT2D eigenvalue weighted by Gasteiger charge is 2.27. The Morgan fingerprint density at radius 1 is 1.25 bits per heavy atom. The van der Waals surface area contributed by atoms with Crippen molar-refractivity contribution in [1.29, 1.82) is 0 Å². The van der Waals surface area contributed by atoms with E-state index in [9.17, 15) is 9.18 Å². The molecule has 5 heteroatoms. The molecule has 3 aromatic rings. The summed E-state index contributed by atoms with van der Waals surface area (Å²) in [5.41, 5.74) is 1.58. The first-order valence-electron chi connectivity index (χ1n) is 8.14. The zero-order valence-corrected chi connectivity index (χ0v) is 13.4. The highest BCUT2D eigenvalue weighted by Crippen LogP contribution is 2.27. The summed E-state index contributed by atoms with van der Waals surface area (Å²) >= 11 is 0. The van der Waals surface area contributed by atoms with Gasteiger partial charge >= 0.3 is 0 Å². The van der Waals surface area contributed by atoms with Crippen molar-refractivity contribution in [2.45, 2.75) is 32.0 Å². The van der Waals surface area contributed by atoms with Crippen LogP contribution in [0.25, 0.3) is 10.9 Å². The first kappa shape index (κ1) is 15.0. The third-order valence-corrected chi connectivity index (χ3v) is 4.65. The van der Waals surface area contributed by atoms with E-state index in [2.05, 4.69) is 29.4 Å². The molecular formula is C19H18FN3O. The normalized spacial score (nSPS) is 17.8. The van der Waals surface area contributed by atoms with E-state index >= 15 is 0 Å². The van der Waals surface area contributed by atoms with Crippen LogP contribution in [0.5, 0.6) is 0 Å². The Hall–Kier alpha value is -2.53. The molecule has 122 valence electrons. The summed E-state index contributed by atoms with van der Waals surface area (Å²) in [5, 5.41) is 3.90. The van der Waals surface area contributed by atoms with Crippen LogP contribution in [0.3, 0.4) is 0 Å². The molecule has 0 bridgehead atoms. The van der Waals surface area contributed by atoms with E-state index in [1.54, 1.807) is 10.6 Å². The van der Waals surface area contributed by atoms with Crippen molar-refractivity contribution < 1.29 is 4.39 Å². The van der Waals surface area contributed by atoms with Crippen molar-refractivity contribution >= 4 is 10.9 Å². The van der Waals surface area contributed by atoms with Gasteiger partial charge in [0, 0.05) is 12.6 Å². The lowest BCUT2D eigenvalue weighted by molar-refractivity contribution is 0.459. The summed E-state index contributed by atoms with van der Waals surface area (Å²) in [7, 11) is 0. The molecule has 2 heterocycles. The lowest BCUT2D eigenvalue weighted by Crippen LogP contribution is -2.27. The Kier molecular flexibility index (Phi) is 3.65. The quantitative estimate of drug-likeness (QED) is 0.804. The lowest BCUT2D eigenvalue weighted by atomic mass is 10.1. The minimum atomic E-state index is -0.410. The Labute approximate surface area is 139 Å². The maximum Gasteiger partial charge on any atom is 0.261 e. The number of fused-ring (bicyclic) bond motifs is 2. The highest BCUT2D eigenvalue weighted by atomic mass is 19.1. The van der Waals surface area contributed by atoms with Gasteiger partial charge < -0.3 is 5.32 Å². The summed E-state index contributed by atoms with van der Waals surface area (Å²) in [4.78, 5) is 17.2. The third-order valence-electron chi connectivity index (χ3n) is 4.65. The summed E-state index contributed by atoms with van der Waals surface area (Å²) < 4.78 is 15.1. The van der Waals surface area contributed by atoms with Crippen LogP contribution in [-0.4, -0.2) is 9.55 Å². The molecule has 0 aliphatic carbocycles. The smallest absolute Gasteiger partial charge is 0.261 e. The number of hydrogen-bond acceptors (Lipinski definition) is 3. The van der Waals surface area contributed by atoms with Gasteiger partial charge in [0.05, 0.1) is 16.9 Å². The molecule has 2 aromatic carbocycles. The zero-order chi connectivity index (χ0) is 16.7. The molecule has 0 saturated carbocycles. The van der Waals surface area contributed by atoms with E-state index in [4.69, 9.17) is 0 Å². The molecule has 1 N–H and O–H groups in total. The minimum absolute atomic E-state index is 0.0161. The van der Waals surface area contributed by atoms with E-state index in [1.165, 1.54) is 17.7 Å². The minimum Gasteiger partial charge on any atom is -0.301 e. The van der Waals surface area contributed by atoms with Gasteiger partial charge in [0.25, 0.3) is 5.56 Å². The van der Waals surface area contributed by atoms with Crippen LogP contribution in [0.2, 0.25) is 0 Å². The van der Waals surface area contributed by atoms with Gasteiger partial charge in [-0.2, -0.15) is 0 Å².